The molecular weight excluding hydrogens is 364 g/mol. The molecule has 3 aromatic rings. The van der Waals surface area contributed by atoms with Crippen LogP contribution in [0.1, 0.15) is 12.0 Å². The Morgan fingerprint density at radius 3 is 3.04 bits per heavy atom. The fourth-order valence-electron chi connectivity index (χ4n) is 3.22. The molecule has 0 saturated carbocycles. The summed E-state index contributed by atoms with van der Waals surface area (Å²) in [5.74, 6) is 0.459. The van der Waals surface area contributed by atoms with Gasteiger partial charge in [0, 0.05) is 31.1 Å². The van der Waals surface area contributed by atoms with Gasteiger partial charge in [-0.3, -0.25) is 9.69 Å². The summed E-state index contributed by atoms with van der Waals surface area (Å²) in [5, 5.41) is 7.08. The number of rotatable bonds is 6. The summed E-state index contributed by atoms with van der Waals surface area (Å²) in [7, 11) is 0. The minimum absolute atomic E-state index is 0.0727. The van der Waals surface area contributed by atoms with Crippen molar-refractivity contribution in [2.75, 3.05) is 18.8 Å². The number of carbonyl (C=O) groups is 1. The van der Waals surface area contributed by atoms with Crippen molar-refractivity contribution >= 4 is 39.2 Å². The molecule has 0 spiro atoms. The van der Waals surface area contributed by atoms with E-state index in [0.29, 0.717) is 5.75 Å². The van der Waals surface area contributed by atoms with Crippen LogP contribution in [0.2, 0.25) is 0 Å². The van der Waals surface area contributed by atoms with E-state index in [1.165, 1.54) is 17.3 Å². The van der Waals surface area contributed by atoms with Gasteiger partial charge >= 0.3 is 0 Å². The zero-order valence-corrected chi connectivity index (χ0v) is 15.9. The SMILES string of the molecule is O=C(CSc1ncnc2sccc12)N[C@H]1CCN(Cc2ccccc2)C1. The standard InChI is InChI=1S/C19H20N4OS2/c24-17(12-26-19-16-7-9-25-18(16)20-13-21-19)22-15-6-8-23(11-15)10-14-4-2-1-3-5-14/h1-5,7,9,13,15H,6,8,10-12H2,(H,22,24)/t15-/m0/s1. The molecule has 4 rings (SSSR count). The van der Waals surface area contributed by atoms with Gasteiger partial charge in [0.2, 0.25) is 5.91 Å². The van der Waals surface area contributed by atoms with Crippen molar-refractivity contribution in [1.82, 2.24) is 20.2 Å². The molecule has 1 fully saturated rings. The Labute approximate surface area is 160 Å². The van der Waals surface area contributed by atoms with E-state index in [1.54, 1.807) is 17.7 Å². The molecule has 5 nitrogen and oxygen atoms in total. The molecule has 26 heavy (non-hydrogen) atoms. The quantitative estimate of drug-likeness (QED) is 0.523. The van der Waals surface area contributed by atoms with Crippen molar-refractivity contribution in [1.29, 1.82) is 0 Å². The molecule has 1 aliphatic rings. The highest BCUT2D eigenvalue weighted by molar-refractivity contribution is 8.00. The first kappa shape index (κ1) is 17.5. The molecule has 1 aromatic carbocycles. The number of thioether (sulfide) groups is 1. The number of likely N-dealkylation sites (tertiary alicyclic amines) is 1. The van der Waals surface area contributed by atoms with Crippen LogP contribution < -0.4 is 5.32 Å². The van der Waals surface area contributed by atoms with Crippen LogP contribution in [0.15, 0.2) is 53.1 Å². The predicted molar refractivity (Wildman–Crippen MR) is 106 cm³/mol. The number of hydrogen-bond acceptors (Lipinski definition) is 6. The van der Waals surface area contributed by atoms with E-state index in [1.807, 2.05) is 17.5 Å². The van der Waals surface area contributed by atoms with E-state index in [9.17, 15) is 4.79 Å². The lowest BCUT2D eigenvalue weighted by atomic mass is 10.2. The number of nitrogens with one attached hydrogen (secondary N) is 1. The van der Waals surface area contributed by atoms with Crippen LogP contribution in [0.5, 0.6) is 0 Å². The monoisotopic (exact) mass is 384 g/mol. The van der Waals surface area contributed by atoms with Crippen LogP contribution in [-0.4, -0.2) is 45.7 Å². The van der Waals surface area contributed by atoms with Crippen molar-refractivity contribution < 1.29 is 4.79 Å². The maximum absolute atomic E-state index is 12.3. The van der Waals surface area contributed by atoms with Crippen molar-refractivity contribution in [2.24, 2.45) is 0 Å². The molecule has 2 aromatic heterocycles. The van der Waals surface area contributed by atoms with Crippen LogP contribution in [0.25, 0.3) is 10.2 Å². The summed E-state index contributed by atoms with van der Waals surface area (Å²) in [6.45, 7) is 2.88. The van der Waals surface area contributed by atoms with Crippen LogP contribution in [0.3, 0.4) is 0 Å². The van der Waals surface area contributed by atoms with Gasteiger partial charge in [0.25, 0.3) is 0 Å². The number of fused-ring (bicyclic) bond motifs is 1. The molecule has 0 bridgehead atoms. The van der Waals surface area contributed by atoms with E-state index >= 15 is 0 Å². The lowest BCUT2D eigenvalue weighted by Gasteiger charge is -2.16. The average Bonchev–Trinajstić information content (AvgIpc) is 3.30. The second-order valence-electron chi connectivity index (χ2n) is 6.38. The second kappa shape index (κ2) is 8.16. The number of carbonyl (C=O) groups excluding carboxylic acids is 1. The number of benzene rings is 1. The Balaban J connectivity index is 1.26. The molecule has 3 heterocycles. The molecule has 7 heteroatoms. The minimum Gasteiger partial charge on any atom is -0.351 e. The smallest absolute Gasteiger partial charge is 0.230 e. The van der Waals surface area contributed by atoms with E-state index < -0.39 is 0 Å². The van der Waals surface area contributed by atoms with Gasteiger partial charge < -0.3 is 5.32 Å². The molecule has 1 amide bonds. The number of aromatic nitrogens is 2. The van der Waals surface area contributed by atoms with Gasteiger partial charge in [-0.2, -0.15) is 0 Å². The molecule has 1 N–H and O–H groups in total. The van der Waals surface area contributed by atoms with Gasteiger partial charge in [0.05, 0.1) is 5.75 Å². The molecule has 0 unspecified atom stereocenters. The largest absolute Gasteiger partial charge is 0.351 e. The zero-order valence-electron chi connectivity index (χ0n) is 14.3. The summed E-state index contributed by atoms with van der Waals surface area (Å²) in [6.07, 6.45) is 2.57. The molecule has 134 valence electrons. The molecular formula is C19H20N4OS2. The molecule has 1 atom stereocenters. The first-order valence-corrected chi connectivity index (χ1v) is 10.5. The predicted octanol–water partition coefficient (Wildman–Crippen LogP) is 3.17. The average molecular weight is 385 g/mol. The first-order chi connectivity index (χ1) is 12.8. The highest BCUT2D eigenvalue weighted by Gasteiger charge is 2.23. The summed E-state index contributed by atoms with van der Waals surface area (Å²) in [5.41, 5.74) is 1.32. The van der Waals surface area contributed by atoms with Gasteiger partial charge in [0.1, 0.15) is 16.2 Å². The van der Waals surface area contributed by atoms with E-state index in [2.05, 4.69) is 44.5 Å². The molecule has 1 aliphatic heterocycles. The highest BCUT2D eigenvalue weighted by Crippen LogP contribution is 2.27. The molecule has 0 radical (unpaired) electrons. The fraction of sp³-hybridized carbons (Fsp3) is 0.316. The zero-order chi connectivity index (χ0) is 17.8. The number of nitrogens with zero attached hydrogens (tertiary/aromatic N) is 3. The van der Waals surface area contributed by atoms with E-state index in [-0.39, 0.29) is 11.9 Å². The van der Waals surface area contributed by atoms with Crippen LogP contribution in [0.4, 0.5) is 0 Å². The molecule has 1 saturated heterocycles. The highest BCUT2D eigenvalue weighted by atomic mass is 32.2. The Kier molecular flexibility index (Phi) is 5.48. The minimum atomic E-state index is 0.0727. The van der Waals surface area contributed by atoms with Crippen molar-refractivity contribution in [3.8, 4) is 0 Å². The fourth-order valence-corrected chi connectivity index (χ4v) is 4.81. The lowest BCUT2D eigenvalue weighted by Crippen LogP contribution is -2.38. The van der Waals surface area contributed by atoms with Gasteiger partial charge in [-0.05, 0) is 23.4 Å². The van der Waals surface area contributed by atoms with Crippen molar-refractivity contribution in [2.45, 2.75) is 24.0 Å². The third-order valence-electron chi connectivity index (χ3n) is 4.45. The topological polar surface area (TPSA) is 58.1 Å². The van der Waals surface area contributed by atoms with Gasteiger partial charge in [-0.15, -0.1) is 11.3 Å². The van der Waals surface area contributed by atoms with Gasteiger partial charge in [-0.25, -0.2) is 9.97 Å². The third-order valence-corrected chi connectivity index (χ3v) is 6.28. The Hall–Kier alpha value is -1.96. The Morgan fingerprint density at radius 2 is 2.15 bits per heavy atom. The maximum atomic E-state index is 12.3. The van der Waals surface area contributed by atoms with Crippen molar-refractivity contribution in [3.05, 3.63) is 53.7 Å². The number of amides is 1. The lowest BCUT2D eigenvalue weighted by molar-refractivity contribution is -0.119. The van der Waals surface area contributed by atoms with E-state index in [4.69, 9.17) is 0 Å². The second-order valence-corrected chi connectivity index (χ2v) is 8.24. The summed E-state index contributed by atoms with van der Waals surface area (Å²) in [4.78, 5) is 24.2. The Bertz CT molecular complexity index is 883. The van der Waals surface area contributed by atoms with Gasteiger partial charge in [-0.1, -0.05) is 42.1 Å². The van der Waals surface area contributed by atoms with Crippen molar-refractivity contribution in [3.63, 3.8) is 0 Å². The summed E-state index contributed by atoms with van der Waals surface area (Å²) in [6, 6.07) is 12.7. The third kappa shape index (κ3) is 4.23. The van der Waals surface area contributed by atoms with Crippen LogP contribution in [-0.2, 0) is 11.3 Å². The summed E-state index contributed by atoms with van der Waals surface area (Å²) >= 11 is 3.07. The molecule has 0 aliphatic carbocycles. The Morgan fingerprint density at radius 1 is 1.27 bits per heavy atom. The number of thiophene rings is 1. The van der Waals surface area contributed by atoms with Gasteiger partial charge in [0.15, 0.2) is 0 Å². The van der Waals surface area contributed by atoms with Crippen LogP contribution >= 0.6 is 23.1 Å². The van der Waals surface area contributed by atoms with Crippen LogP contribution in [0, 0.1) is 0 Å². The summed E-state index contributed by atoms with van der Waals surface area (Å²) < 4.78 is 0. The maximum Gasteiger partial charge on any atom is 0.230 e. The van der Waals surface area contributed by atoms with E-state index in [0.717, 1.165) is 41.3 Å². The number of hydrogen-bond donors (Lipinski definition) is 1. The normalized spacial score (nSPS) is 17.6. The first-order valence-electron chi connectivity index (χ1n) is 8.64.